The fourth-order valence-electron chi connectivity index (χ4n) is 3.01. The van der Waals surface area contributed by atoms with Gasteiger partial charge in [0.25, 0.3) is 0 Å². The lowest BCUT2D eigenvalue weighted by Gasteiger charge is -2.33. The van der Waals surface area contributed by atoms with Gasteiger partial charge in [-0.05, 0) is 49.8 Å². The summed E-state index contributed by atoms with van der Waals surface area (Å²) in [6, 6.07) is 5.65. The van der Waals surface area contributed by atoms with Gasteiger partial charge < -0.3 is 4.90 Å². The minimum atomic E-state index is -3.52. The van der Waals surface area contributed by atoms with Crippen LogP contribution < -0.4 is 4.31 Å². The Morgan fingerprint density at radius 1 is 1.35 bits per heavy atom. The Balaban J connectivity index is 2.26. The number of amides is 1. The van der Waals surface area contributed by atoms with Crippen LogP contribution in [0.2, 0.25) is 0 Å². The van der Waals surface area contributed by atoms with Crippen LogP contribution in [0, 0.1) is 19.8 Å². The van der Waals surface area contributed by atoms with E-state index in [1.165, 1.54) is 4.31 Å². The molecule has 1 saturated heterocycles. The number of rotatable bonds is 4. The molecular formula is C17H26N2O3S. The number of hydrogen-bond donors (Lipinski definition) is 0. The monoisotopic (exact) mass is 338 g/mol. The van der Waals surface area contributed by atoms with E-state index in [1.54, 1.807) is 4.90 Å². The van der Waals surface area contributed by atoms with Crippen LogP contribution in [0.15, 0.2) is 18.2 Å². The van der Waals surface area contributed by atoms with Crippen LogP contribution >= 0.6 is 0 Å². The number of benzene rings is 1. The van der Waals surface area contributed by atoms with Crippen LogP contribution in [0.3, 0.4) is 0 Å². The van der Waals surface area contributed by atoms with Gasteiger partial charge in [0.15, 0.2) is 0 Å². The molecule has 1 fully saturated rings. The summed E-state index contributed by atoms with van der Waals surface area (Å²) in [6.07, 6.45) is 3.26. The molecule has 1 unspecified atom stereocenters. The van der Waals surface area contributed by atoms with Crippen molar-refractivity contribution in [2.75, 3.05) is 30.2 Å². The number of piperidine rings is 1. The Kier molecular flexibility index (Phi) is 5.34. The molecule has 1 aliphatic heterocycles. The molecule has 0 aliphatic carbocycles. The van der Waals surface area contributed by atoms with E-state index in [4.69, 9.17) is 0 Å². The highest BCUT2D eigenvalue weighted by atomic mass is 32.2. The van der Waals surface area contributed by atoms with E-state index < -0.39 is 10.0 Å². The number of likely N-dealkylation sites (tertiary alicyclic amines) is 1. The third-order valence-corrected chi connectivity index (χ3v) is 5.45. The number of carbonyl (C=O) groups is 1. The van der Waals surface area contributed by atoms with Crippen molar-refractivity contribution in [1.29, 1.82) is 0 Å². The summed E-state index contributed by atoms with van der Waals surface area (Å²) in [5.41, 5.74) is 2.41. The lowest BCUT2D eigenvalue weighted by atomic mass is 10.0. The van der Waals surface area contributed by atoms with Crippen molar-refractivity contribution in [3.05, 3.63) is 29.3 Å². The molecule has 0 N–H and O–H groups in total. The molecule has 0 bridgehead atoms. The molecule has 0 spiro atoms. The largest absolute Gasteiger partial charge is 0.341 e. The first-order valence-electron chi connectivity index (χ1n) is 8.01. The summed E-state index contributed by atoms with van der Waals surface area (Å²) < 4.78 is 25.7. The Hall–Kier alpha value is -1.56. The maximum Gasteiger partial charge on any atom is 0.243 e. The molecule has 5 nitrogen and oxygen atoms in total. The molecule has 1 atom stereocenters. The summed E-state index contributed by atoms with van der Waals surface area (Å²) >= 11 is 0. The van der Waals surface area contributed by atoms with Crippen LogP contribution in [0.4, 0.5) is 5.69 Å². The van der Waals surface area contributed by atoms with E-state index in [1.807, 2.05) is 32.0 Å². The summed E-state index contributed by atoms with van der Waals surface area (Å²) in [5.74, 6) is 0.350. The second kappa shape index (κ2) is 6.91. The molecular weight excluding hydrogens is 312 g/mol. The third-order valence-electron chi connectivity index (χ3n) is 4.32. The molecule has 128 valence electrons. The minimum absolute atomic E-state index is 0.122. The van der Waals surface area contributed by atoms with Crippen LogP contribution in [-0.2, 0) is 14.8 Å². The van der Waals surface area contributed by atoms with E-state index in [2.05, 4.69) is 6.92 Å². The van der Waals surface area contributed by atoms with Gasteiger partial charge in [-0.1, -0.05) is 19.1 Å². The number of aryl methyl sites for hydroxylation is 2. The topological polar surface area (TPSA) is 57.7 Å². The van der Waals surface area contributed by atoms with Gasteiger partial charge in [-0.3, -0.25) is 9.10 Å². The Morgan fingerprint density at radius 3 is 2.65 bits per heavy atom. The normalized spacial score (nSPS) is 18.8. The van der Waals surface area contributed by atoms with Gasteiger partial charge in [0.1, 0.15) is 6.54 Å². The average Bonchev–Trinajstić information content (AvgIpc) is 2.46. The van der Waals surface area contributed by atoms with E-state index in [0.717, 1.165) is 30.2 Å². The summed E-state index contributed by atoms with van der Waals surface area (Å²) in [5, 5.41) is 0. The maximum absolute atomic E-state index is 12.6. The molecule has 0 aromatic heterocycles. The van der Waals surface area contributed by atoms with Crippen molar-refractivity contribution < 1.29 is 13.2 Å². The minimum Gasteiger partial charge on any atom is -0.341 e. The van der Waals surface area contributed by atoms with Crippen molar-refractivity contribution in [2.45, 2.75) is 33.6 Å². The smallest absolute Gasteiger partial charge is 0.243 e. The van der Waals surface area contributed by atoms with E-state index in [9.17, 15) is 13.2 Å². The van der Waals surface area contributed by atoms with Gasteiger partial charge in [0.05, 0.1) is 11.9 Å². The molecule has 23 heavy (non-hydrogen) atoms. The second-order valence-electron chi connectivity index (χ2n) is 6.65. The van der Waals surface area contributed by atoms with Crippen LogP contribution in [-0.4, -0.2) is 45.1 Å². The van der Waals surface area contributed by atoms with Crippen LogP contribution in [0.5, 0.6) is 0 Å². The summed E-state index contributed by atoms with van der Waals surface area (Å²) in [6.45, 7) is 7.20. The predicted octanol–water partition coefficient (Wildman–Crippen LogP) is 2.33. The molecule has 1 heterocycles. The molecule has 1 aromatic carbocycles. The first-order chi connectivity index (χ1) is 10.7. The zero-order valence-corrected chi connectivity index (χ0v) is 15.2. The van der Waals surface area contributed by atoms with Crippen LogP contribution in [0.1, 0.15) is 30.9 Å². The molecule has 1 aromatic rings. The van der Waals surface area contributed by atoms with Crippen LogP contribution in [0.25, 0.3) is 0 Å². The second-order valence-corrected chi connectivity index (χ2v) is 8.55. The van der Waals surface area contributed by atoms with Gasteiger partial charge in [0, 0.05) is 13.1 Å². The SMILES string of the molecule is Cc1ccc(C)c(N(CC(=O)N2CCCC(C)C2)S(C)(=O)=O)c1. The van der Waals surface area contributed by atoms with E-state index >= 15 is 0 Å². The van der Waals surface area contributed by atoms with Crippen molar-refractivity contribution in [1.82, 2.24) is 4.90 Å². The zero-order valence-electron chi connectivity index (χ0n) is 14.4. The fraction of sp³-hybridized carbons (Fsp3) is 0.588. The van der Waals surface area contributed by atoms with E-state index in [-0.39, 0.29) is 12.5 Å². The first-order valence-corrected chi connectivity index (χ1v) is 9.86. The number of hydrogen-bond acceptors (Lipinski definition) is 3. The molecule has 6 heteroatoms. The van der Waals surface area contributed by atoms with Gasteiger partial charge in [-0.25, -0.2) is 8.42 Å². The van der Waals surface area contributed by atoms with Crippen molar-refractivity contribution in [3.63, 3.8) is 0 Å². The van der Waals surface area contributed by atoms with Crippen molar-refractivity contribution in [3.8, 4) is 0 Å². The first kappa shape index (κ1) is 17.8. The standard InChI is InChI=1S/C17H26N2O3S/c1-13-7-8-15(3)16(10-13)19(23(4,21)22)12-17(20)18-9-5-6-14(2)11-18/h7-8,10,14H,5-6,9,11-12H2,1-4H3. The summed E-state index contributed by atoms with van der Waals surface area (Å²) in [4.78, 5) is 14.4. The Labute approximate surface area is 139 Å². The van der Waals surface area contributed by atoms with Crippen molar-refractivity contribution >= 4 is 21.6 Å². The number of nitrogens with zero attached hydrogens (tertiary/aromatic N) is 2. The average molecular weight is 338 g/mol. The molecule has 1 amide bonds. The van der Waals surface area contributed by atoms with Crippen molar-refractivity contribution in [2.24, 2.45) is 5.92 Å². The Bertz CT molecular complexity index is 685. The lowest BCUT2D eigenvalue weighted by molar-refractivity contribution is -0.131. The molecule has 0 radical (unpaired) electrons. The number of sulfonamides is 1. The number of carbonyl (C=O) groups excluding carboxylic acids is 1. The quantitative estimate of drug-likeness (QED) is 0.846. The third kappa shape index (κ3) is 4.47. The van der Waals surface area contributed by atoms with Gasteiger partial charge in [0.2, 0.25) is 15.9 Å². The highest BCUT2D eigenvalue weighted by Gasteiger charge is 2.27. The molecule has 0 saturated carbocycles. The predicted molar refractivity (Wildman–Crippen MR) is 93.1 cm³/mol. The molecule has 1 aliphatic rings. The van der Waals surface area contributed by atoms with E-state index in [0.29, 0.717) is 24.7 Å². The van der Waals surface area contributed by atoms with Gasteiger partial charge in [-0.2, -0.15) is 0 Å². The fourth-order valence-corrected chi connectivity index (χ4v) is 3.91. The highest BCUT2D eigenvalue weighted by Crippen LogP contribution is 2.24. The lowest BCUT2D eigenvalue weighted by Crippen LogP contribution is -2.46. The zero-order chi connectivity index (χ0) is 17.2. The Morgan fingerprint density at radius 2 is 2.04 bits per heavy atom. The maximum atomic E-state index is 12.6. The summed E-state index contributed by atoms with van der Waals surface area (Å²) in [7, 11) is -3.52. The van der Waals surface area contributed by atoms with Gasteiger partial charge in [-0.15, -0.1) is 0 Å². The van der Waals surface area contributed by atoms with Gasteiger partial charge >= 0.3 is 0 Å². The molecule has 2 rings (SSSR count). The number of anilines is 1. The highest BCUT2D eigenvalue weighted by molar-refractivity contribution is 7.92.